The zero-order chi connectivity index (χ0) is 16.4. The van der Waals surface area contributed by atoms with Crippen LogP contribution in [0.25, 0.3) is 0 Å². The van der Waals surface area contributed by atoms with Crippen LogP contribution in [0.5, 0.6) is 5.75 Å². The average molecular weight is 318 g/mol. The smallest absolute Gasteiger partial charge is 0.122 e. The van der Waals surface area contributed by atoms with Gasteiger partial charge in [0.2, 0.25) is 0 Å². The minimum Gasteiger partial charge on any atom is -0.496 e. The van der Waals surface area contributed by atoms with E-state index in [0.29, 0.717) is 12.1 Å². The molecule has 3 rings (SSSR count). The maximum atomic E-state index is 9.45. The Morgan fingerprint density at radius 1 is 1.22 bits per heavy atom. The number of aliphatic hydroxyl groups excluding tert-OH is 1. The van der Waals surface area contributed by atoms with Crippen molar-refractivity contribution in [1.82, 2.24) is 9.80 Å². The predicted molar refractivity (Wildman–Crippen MR) is 93.0 cm³/mol. The van der Waals surface area contributed by atoms with Crippen molar-refractivity contribution in [2.24, 2.45) is 0 Å². The van der Waals surface area contributed by atoms with E-state index in [0.717, 1.165) is 31.8 Å². The van der Waals surface area contributed by atoms with Crippen LogP contribution in [-0.4, -0.2) is 60.3 Å². The summed E-state index contributed by atoms with van der Waals surface area (Å²) >= 11 is 0. The molecule has 0 saturated carbocycles. The Labute approximate surface area is 140 Å². The number of fused-ring (bicyclic) bond motifs is 1. The van der Waals surface area contributed by atoms with Crippen LogP contribution in [0.1, 0.15) is 36.0 Å². The van der Waals surface area contributed by atoms with Crippen LogP contribution in [0.4, 0.5) is 0 Å². The van der Waals surface area contributed by atoms with Gasteiger partial charge in [-0.05, 0) is 62.4 Å². The van der Waals surface area contributed by atoms with Crippen LogP contribution in [0.2, 0.25) is 0 Å². The fourth-order valence-electron chi connectivity index (χ4n) is 4.22. The fourth-order valence-corrected chi connectivity index (χ4v) is 4.22. The topological polar surface area (TPSA) is 35.9 Å². The number of benzene rings is 1. The van der Waals surface area contributed by atoms with Crippen LogP contribution >= 0.6 is 0 Å². The molecule has 2 saturated heterocycles. The van der Waals surface area contributed by atoms with Crippen molar-refractivity contribution in [3.8, 4) is 5.75 Å². The zero-order valence-electron chi connectivity index (χ0n) is 14.7. The normalized spacial score (nSPS) is 25.6. The number of rotatable bonds is 5. The van der Waals surface area contributed by atoms with Crippen molar-refractivity contribution >= 4 is 0 Å². The van der Waals surface area contributed by atoms with Gasteiger partial charge in [0.1, 0.15) is 5.75 Å². The maximum Gasteiger partial charge on any atom is 0.122 e. The Kier molecular flexibility index (Phi) is 5.24. The van der Waals surface area contributed by atoms with E-state index in [1.54, 1.807) is 7.11 Å². The molecule has 2 aliphatic heterocycles. The van der Waals surface area contributed by atoms with Gasteiger partial charge in [-0.15, -0.1) is 0 Å². The lowest BCUT2D eigenvalue weighted by atomic mass is 10.00. The van der Waals surface area contributed by atoms with Gasteiger partial charge >= 0.3 is 0 Å². The number of hydrogen-bond acceptors (Lipinski definition) is 4. The van der Waals surface area contributed by atoms with E-state index in [-0.39, 0.29) is 6.61 Å². The highest BCUT2D eigenvalue weighted by molar-refractivity contribution is 5.41. The Morgan fingerprint density at radius 3 is 2.78 bits per heavy atom. The third-order valence-electron chi connectivity index (χ3n) is 5.60. The van der Waals surface area contributed by atoms with Crippen LogP contribution in [-0.2, 0) is 6.54 Å². The van der Waals surface area contributed by atoms with E-state index < -0.39 is 0 Å². The number of ether oxygens (including phenoxy) is 1. The number of piperazine rings is 1. The number of methoxy groups -OCH3 is 1. The van der Waals surface area contributed by atoms with Crippen LogP contribution in [0.15, 0.2) is 12.1 Å². The lowest BCUT2D eigenvalue weighted by molar-refractivity contribution is 0.0332. The standard InChI is InChI=1S/C19H30N2O2/c1-14-10-19(23-3)15(2)9-16(14)11-21-13-17-5-4-7-20(17)12-18(21)6-8-22/h9-10,17-18,22H,4-8,11-13H2,1-3H3/t17?,18-/m0/s1. The minimum atomic E-state index is 0.278. The molecule has 1 unspecified atom stereocenters. The molecule has 4 heteroatoms. The largest absolute Gasteiger partial charge is 0.496 e. The van der Waals surface area contributed by atoms with E-state index in [9.17, 15) is 5.11 Å². The van der Waals surface area contributed by atoms with E-state index in [4.69, 9.17) is 4.74 Å². The van der Waals surface area contributed by atoms with Gasteiger partial charge in [0.25, 0.3) is 0 Å². The molecular weight excluding hydrogens is 288 g/mol. The van der Waals surface area contributed by atoms with Crippen LogP contribution in [0, 0.1) is 13.8 Å². The van der Waals surface area contributed by atoms with Crippen molar-refractivity contribution in [2.75, 3.05) is 33.4 Å². The molecule has 0 aliphatic carbocycles. The molecule has 0 spiro atoms. The summed E-state index contributed by atoms with van der Waals surface area (Å²) in [5.74, 6) is 0.971. The molecule has 1 aromatic rings. The monoisotopic (exact) mass is 318 g/mol. The summed E-state index contributed by atoms with van der Waals surface area (Å²) in [6.45, 7) is 9.02. The first-order chi connectivity index (χ1) is 11.1. The molecule has 2 fully saturated rings. The van der Waals surface area contributed by atoms with E-state index in [1.165, 1.54) is 36.1 Å². The molecule has 2 atom stereocenters. The van der Waals surface area contributed by atoms with Crippen molar-refractivity contribution in [1.29, 1.82) is 0 Å². The first-order valence-corrected chi connectivity index (χ1v) is 8.85. The summed E-state index contributed by atoms with van der Waals surface area (Å²) in [5.41, 5.74) is 3.88. The van der Waals surface area contributed by atoms with Gasteiger partial charge in [0.15, 0.2) is 0 Å². The van der Waals surface area contributed by atoms with E-state index in [2.05, 4.69) is 35.8 Å². The zero-order valence-corrected chi connectivity index (χ0v) is 14.7. The molecular formula is C19H30N2O2. The average Bonchev–Trinajstić information content (AvgIpc) is 2.98. The number of nitrogens with zero attached hydrogens (tertiary/aromatic N) is 2. The van der Waals surface area contributed by atoms with E-state index in [1.807, 2.05) is 0 Å². The summed E-state index contributed by atoms with van der Waals surface area (Å²) in [7, 11) is 1.73. The molecule has 2 aliphatic rings. The fraction of sp³-hybridized carbons (Fsp3) is 0.684. The Balaban J connectivity index is 1.77. The molecule has 128 valence electrons. The third-order valence-corrected chi connectivity index (χ3v) is 5.60. The quantitative estimate of drug-likeness (QED) is 0.904. The van der Waals surface area contributed by atoms with Crippen LogP contribution < -0.4 is 4.74 Å². The number of aliphatic hydroxyl groups is 1. The Bertz CT molecular complexity index is 546. The molecule has 1 aromatic carbocycles. The molecule has 23 heavy (non-hydrogen) atoms. The number of hydrogen-bond donors (Lipinski definition) is 1. The Morgan fingerprint density at radius 2 is 2.04 bits per heavy atom. The summed E-state index contributed by atoms with van der Waals surface area (Å²) in [6, 6.07) is 5.60. The second kappa shape index (κ2) is 7.20. The summed E-state index contributed by atoms with van der Waals surface area (Å²) in [6.07, 6.45) is 3.52. The lowest BCUT2D eigenvalue weighted by Crippen LogP contribution is -2.55. The molecule has 0 radical (unpaired) electrons. The van der Waals surface area contributed by atoms with Crippen molar-refractivity contribution < 1.29 is 9.84 Å². The Hall–Kier alpha value is -1.10. The second-order valence-corrected chi connectivity index (χ2v) is 7.13. The lowest BCUT2D eigenvalue weighted by Gasteiger charge is -2.44. The van der Waals surface area contributed by atoms with Gasteiger partial charge < -0.3 is 9.84 Å². The highest BCUT2D eigenvalue weighted by Gasteiger charge is 2.35. The van der Waals surface area contributed by atoms with Gasteiger partial charge in [0, 0.05) is 38.3 Å². The maximum absolute atomic E-state index is 9.45. The van der Waals surface area contributed by atoms with Gasteiger partial charge in [-0.3, -0.25) is 9.80 Å². The number of aryl methyl sites for hydroxylation is 2. The van der Waals surface area contributed by atoms with Crippen molar-refractivity contribution in [2.45, 2.75) is 51.7 Å². The van der Waals surface area contributed by atoms with Gasteiger partial charge in [-0.2, -0.15) is 0 Å². The molecule has 4 nitrogen and oxygen atoms in total. The summed E-state index contributed by atoms with van der Waals surface area (Å²) < 4.78 is 5.43. The predicted octanol–water partition coefficient (Wildman–Crippen LogP) is 2.34. The van der Waals surface area contributed by atoms with E-state index >= 15 is 0 Å². The molecule has 1 N–H and O–H groups in total. The highest BCUT2D eigenvalue weighted by Crippen LogP contribution is 2.29. The highest BCUT2D eigenvalue weighted by atomic mass is 16.5. The van der Waals surface area contributed by atoms with Gasteiger partial charge in [-0.25, -0.2) is 0 Å². The SMILES string of the molecule is COc1cc(C)c(CN2CC3CCCN3C[C@@H]2CCO)cc1C. The van der Waals surface area contributed by atoms with Crippen molar-refractivity contribution in [3.05, 3.63) is 28.8 Å². The molecule has 0 amide bonds. The molecule has 0 bridgehead atoms. The summed E-state index contributed by atoms with van der Waals surface area (Å²) in [5, 5.41) is 9.45. The second-order valence-electron chi connectivity index (χ2n) is 7.13. The first-order valence-electron chi connectivity index (χ1n) is 8.85. The third kappa shape index (κ3) is 3.54. The van der Waals surface area contributed by atoms with Crippen molar-refractivity contribution in [3.63, 3.8) is 0 Å². The van der Waals surface area contributed by atoms with Crippen LogP contribution in [0.3, 0.4) is 0 Å². The van der Waals surface area contributed by atoms with Gasteiger partial charge in [0.05, 0.1) is 7.11 Å². The molecule has 2 heterocycles. The molecule has 0 aromatic heterocycles. The van der Waals surface area contributed by atoms with Gasteiger partial charge in [-0.1, -0.05) is 6.07 Å². The minimum absolute atomic E-state index is 0.278. The first kappa shape index (κ1) is 16.7. The summed E-state index contributed by atoms with van der Waals surface area (Å²) in [4.78, 5) is 5.22.